The van der Waals surface area contributed by atoms with E-state index in [0.29, 0.717) is 87.3 Å². The van der Waals surface area contributed by atoms with Crippen LogP contribution >= 0.6 is 0 Å². The SMILES string of the molecule is CC[C@@H](C)c1ccc2c(c1)OCCOCCOc1ccc(C(C)=O)cc1OCCOCCO2. The summed E-state index contributed by atoms with van der Waals surface area (Å²) >= 11 is 0. The average molecular weight is 459 g/mol. The van der Waals surface area contributed by atoms with Crippen molar-refractivity contribution in [1.29, 1.82) is 0 Å². The maximum absolute atomic E-state index is 11.7. The maximum atomic E-state index is 11.7. The third-order valence-electron chi connectivity index (χ3n) is 5.44. The monoisotopic (exact) mass is 458 g/mol. The molecule has 3 rings (SSSR count). The van der Waals surface area contributed by atoms with Gasteiger partial charge in [0.25, 0.3) is 0 Å². The minimum atomic E-state index is -0.0332. The Balaban J connectivity index is 1.64. The van der Waals surface area contributed by atoms with Crippen LogP contribution in [0, 0.1) is 0 Å². The third kappa shape index (κ3) is 7.65. The smallest absolute Gasteiger partial charge is 0.162 e. The Morgan fingerprint density at radius 1 is 0.727 bits per heavy atom. The molecule has 1 atom stereocenters. The van der Waals surface area contributed by atoms with Crippen molar-refractivity contribution in [2.24, 2.45) is 0 Å². The van der Waals surface area contributed by atoms with Crippen LogP contribution in [0.4, 0.5) is 0 Å². The zero-order valence-corrected chi connectivity index (χ0v) is 19.8. The molecule has 180 valence electrons. The molecule has 0 N–H and O–H groups in total. The minimum Gasteiger partial charge on any atom is -0.487 e. The number of rotatable bonds is 3. The fourth-order valence-electron chi connectivity index (χ4n) is 3.30. The molecular weight excluding hydrogens is 424 g/mol. The standard InChI is InChI=1S/C26H34O7/c1-4-19(2)21-5-7-23-25(17-21)32-15-11-28-10-14-31-24-8-6-22(20(3)27)18-26(24)33-16-12-29-9-13-30-23/h5-8,17-19H,4,9-16H2,1-3H3/t19-/m1/s1. The fourth-order valence-corrected chi connectivity index (χ4v) is 3.30. The third-order valence-corrected chi connectivity index (χ3v) is 5.44. The summed E-state index contributed by atoms with van der Waals surface area (Å²) in [5.41, 5.74) is 1.79. The molecule has 2 aromatic carbocycles. The average Bonchev–Trinajstić information content (AvgIpc) is 2.82. The van der Waals surface area contributed by atoms with E-state index in [0.717, 1.165) is 6.42 Å². The molecule has 7 nitrogen and oxygen atoms in total. The summed E-state index contributed by atoms with van der Waals surface area (Å²) in [7, 11) is 0. The molecule has 33 heavy (non-hydrogen) atoms. The van der Waals surface area contributed by atoms with Crippen LogP contribution in [-0.2, 0) is 9.47 Å². The zero-order chi connectivity index (χ0) is 23.5. The van der Waals surface area contributed by atoms with Gasteiger partial charge >= 0.3 is 0 Å². The highest BCUT2D eigenvalue weighted by Gasteiger charge is 2.12. The topological polar surface area (TPSA) is 72.5 Å². The van der Waals surface area contributed by atoms with Crippen LogP contribution < -0.4 is 18.9 Å². The predicted molar refractivity (Wildman–Crippen MR) is 125 cm³/mol. The summed E-state index contributed by atoms with van der Waals surface area (Å²) < 4.78 is 34.8. The number of hydrogen-bond acceptors (Lipinski definition) is 7. The highest BCUT2D eigenvalue weighted by atomic mass is 16.6. The van der Waals surface area contributed by atoms with Crippen LogP contribution in [-0.4, -0.2) is 58.6 Å². The van der Waals surface area contributed by atoms with Gasteiger partial charge in [0.2, 0.25) is 0 Å². The molecule has 0 saturated carbocycles. The van der Waals surface area contributed by atoms with Crippen LogP contribution in [0.3, 0.4) is 0 Å². The molecule has 0 saturated heterocycles. The number of carbonyl (C=O) groups is 1. The second kappa shape index (κ2) is 13.1. The van der Waals surface area contributed by atoms with Crippen molar-refractivity contribution in [1.82, 2.24) is 0 Å². The normalized spacial score (nSPS) is 16.8. The number of benzene rings is 2. The van der Waals surface area contributed by atoms with Gasteiger partial charge in [0.05, 0.1) is 26.4 Å². The van der Waals surface area contributed by atoms with Crippen molar-refractivity contribution in [3.63, 3.8) is 0 Å². The number of ether oxygens (including phenoxy) is 6. The molecule has 1 aliphatic heterocycles. The molecule has 7 heteroatoms. The Morgan fingerprint density at radius 3 is 1.73 bits per heavy atom. The number of hydrogen-bond donors (Lipinski definition) is 0. The summed E-state index contributed by atoms with van der Waals surface area (Å²) in [5.74, 6) is 2.89. The van der Waals surface area contributed by atoms with E-state index >= 15 is 0 Å². The van der Waals surface area contributed by atoms with E-state index in [2.05, 4.69) is 19.9 Å². The molecule has 0 fully saturated rings. The van der Waals surface area contributed by atoms with E-state index in [1.807, 2.05) is 12.1 Å². The summed E-state index contributed by atoms with van der Waals surface area (Å²) in [6, 6.07) is 11.2. The summed E-state index contributed by atoms with van der Waals surface area (Å²) in [4.78, 5) is 11.7. The van der Waals surface area contributed by atoms with Gasteiger partial charge in [0, 0.05) is 5.56 Å². The molecule has 0 radical (unpaired) electrons. The number of fused-ring (bicyclic) bond motifs is 2. The first-order chi connectivity index (χ1) is 16.1. The van der Waals surface area contributed by atoms with Crippen LogP contribution in [0.15, 0.2) is 36.4 Å². The van der Waals surface area contributed by atoms with Gasteiger partial charge in [-0.2, -0.15) is 0 Å². The Kier molecular flexibility index (Phi) is 9.84. The number of ketones is 1. The van der Waals surface area contributed by atoms with Gasteiger partial charge in [-0.25, -0.2) is 0 Å². The number of carbonyl (C=O) groups excluding carboxylic acids is 1. The quantitative estimate of drug-likeness (QED) is 0.619. The molecule has 0 bridgehead atoms. The van der Waals surface area contributed by atoms with E-state index in [-0.39, 0.29) is 5.78 Å². The van der Waals surface area contributed by atoms with E-state index in [1.165, 1.54) is 12.5 Å². The highest BCUT2D eigenvalue weighted by molar-refractivity contribution is 5.94. The zero-order valence-electron chi connectivity index (χ0n) is 19.8. The Labute approximate surface area is 195 Å². The first-order valence-electron chi connectivity index (χ1n) is 11.5. The molecule has 1 aliphatic rings. The van der Waals surface area contributed by atoms with Gasteiger partial charge in [-0.1, -0.05) is 19.9 Å². The lowest BCUT2D eigenvalue weighted by Crippen LogP contribution is -2.15. The van der Waals surface area contributed by atoms with Gasteiger partial charge in [-0.3, -0.25) is 4.79 Å². The molecule has 1 heterocycles. The summed E-state index contributed by atoms with van der Waals surface area (Å²) in [6.07, 6.45) is 1.05. The van der Waals surface area contributed by atoms with Gasteiger partial charge in [-0.15, -0.1) is 0 Å². The lowest BCUT2D eigenvalue weighted by atomic mass is 9.98. The predicted octanol–water partition coefficient (Wildman–Crippen LogP) is 4.66. The van der Waals surface area contributed by atoms with Crippen molar-refractivity contribution in [3.05, 3.63) is 47.5 Å². The Bertz CT molecular complexity index is 896. The van der Waals surface area contributed by atoms with Crippen molar-refractivity contribution in [2.45, 2.75) is 33.1 Å². The molecule has 0 aromatic heterocycles. The molecule has 0 spiro atoms. The largest absolute Gasteiger partial charge is 0.487 e. The second-order valence-corrected chi connectivity index (χ2v) is 7.85. The Hall–Kier alpha value is -2.77. The first kappa shape index (κ1) is 24.9. The van der Waals surface area contributed by atoms with Crippen LogP contribution in [0.1, 0.15) is 49.0 Å². The minimum absolute atomic E-state index is 0.0332. The maximum Gasteiger partial charge on any atom is 0.162 e. The molecule has 0 amide bonds. The van der Waals surface area contributed by atoms with Crippen molar-refractivity contribution >= 4 is 5.78 Å². The second-order valence-electron chi connectivity index (χ2n) is 7.85. The lowest BCUT2D eigenvalue weighted by Gasteiger charge is -2.17. The molecule has 0 unspecified atom stereocenters. The van der Waals surface area contributed by atoms with Gasteiger partial charge in [0.1, 0.15) is 26.4 Å². The first-order valence-corrected chi connectivity index (χ1v) is 11.5. The van der Waals surface area contributed by atoms with Crippen molar-refractivity contribution in [3.8, 4) is 23.0 Å². The summed E-state index contributed by atoms with van der Waals surface area (Å²) in [6.45, 7) is 8.97. The van der Waals surface area contributed by atoms with E-state index in [9.17, 15) is 4.79 Å². The molecule has 0 aliphatic carbocycles. The van der Waals surface area contributed by atoms with Gasteiger partial charge < -0.3 is 28.4 Å². The van der Waals surface area contributed by atoms with Gasteiger partial charge in [-0.05, 0) is 55.2 Å². The van der Waals surface area contributed by atoms with Crippen molar-refractivity contribution in [2.75, 3.05) is 52.9 Å². The molecule has 2 aromatic rings. The fraction of sp³-hybridized carbons (Fsp3) is 0.500. The van der Waals surface area contributed by atoms with E-state index < -0.39 is 0 Å². The van der Waals surface area contributed by atoms with E-state index in [1.54, 1.807) is 18.2 Å². The number of Topliss-reactive ketones (excluding diaryl/α,β-unsaturated/α-hetero) is 1. The highest BCUT2D eigenvalue weighted by Crippen LogP contribution is 2.32. The Morgan fingerprint density at radius 2 is 1.21 bits per heavy atom. The van der Waals surface area contributed by atoms with Gasteiger partial charge in [0.15, 0.2) is 28.8 Å². The molecular formula is C26H34O7. The van der Waals surface area contributed by atoms with Crippen LogP contribution in [0.5, 0.6) is 23.0 Å². The van der Waals surface area contributed by atoms with Crippen LogP contribution in [0.2, 0.25) is 0 Å². The van der Waals surface area contributed by atoms with E-state index in [4.69, 9.17) is 28.4 Å². The van der Waals surface area contributed by atoms with Crippen molar-refractivity contribution < 1.29 is 33.2 Å². The summed E-state index contributed by atoms with van der Waals surface area (Å²) in [5, 5.41) is 0. The van der Waals surface area contributed by atoms with Crippen LogP contribution in [0.25, 0.3) is 0 Å². The lowest BCUT2D eigenvalue weighted by molar-refractivity contribution is 0.0639.